The van der Waals surface area contributed by atoms with Gasteiger partial charge in [0, 0.05) is 3.98 Å². The first kappa shape index (κ1) is 5.36. The molecule has 0 amide bonds. The van der Waals surface area contributed by atoms with Gasteiger partial charge >= 0.3 is 15.5 Å². The number of hydrogen-bond donors (Lipinski definition) is 0. The van der Waals surface area contributed by atoms with Crippen LogP contribution in [0.1, 0.15) is 0 Å². The lowest BCUT2D eigenvalue weighted by Gasteiger charge is -1.73. The van der Waals surface area contributed by atoms with Crippen molar-refractivity contribution in [1.29, 1.82) is 0 Å². The molecule has 0 heterocycles. The highest BCUT2D eigenvalue weighted by Crippen LogP contribution is 1.61. The summed E-state index contributed by atoms with van der Waals surface area (Å²) < 4.78 is 13.0. The molecular formula is CH3BrO3. The minimum absolute atomic E-state index is 0.838. The second-order valence-corrected chi connectivity index (χ2v) is 0.821. The van der Waals surface area contributed by atoms with Gasteiger partial charge in [0.05, 0.1) is 7.11 Å². The first-order chi connectivity index (χ1) is 2.41. The molecule has 0 aromatic carbocycles. The third-order valence-corrected chi connectivity index (χ3v) is 0.461. The predicted octanol–water partition coefficient (Wildman–Crippen LogP) is -1.16. The Balaban J connectivity index is 2.19. The van der Waals surface area contributed by atoms with Crippen molar-refractivity contribution in [3.63, 3.8) is 0 Å². The molecule has 0 radical (unpaired) electrons. The van der Waals surface area contributed by atoms with E-state index in [0.717, 1.165) is 0 Å². The molecular weight excluding hydrogens is 140 g/mol. The molecule has 0 saturated carbocycles. The van der Waals surface area contributed by atoms with E-state index in [9.17, 15) is 4.20 Å². The number of hydrogen-bond acceptors (Lipinski definition) is 3. The van der Waals surface area contributed by atoms with Crippen LogP contribution >= 0.6 is 0 Å². The van der Waals surface area contributed by atoms with Gasteiger partial charge in [-0.05, 0) is 0 Å². The van der Waals surface area contributed by atoms with Crippen LogP contribution in [0.15, 0.2) is 0 Å². The molecule has 3 nitrogen and oxygen atoms in total. The average molecular weight is 143 g/mol. The second-order valence-electron chi connectivity index (χ2n) is 0.293. The van der Waals surface area contributed by atoms with Gasteiger partial charge in [0.1, 0.15) is 0 Å². The van der Waals surface area contributed by atoms with Crippen LogP contribution in [-0.2, 0) is 8.87 Å². The van der Waals surface area contributed by atoms with E-state index in [1.807, 2.05) is 0 Å². The first-order valence-corrected chi connectivity index (χ1v) is 2.18. The lowest BCUT2D eigenvalue weighted by atomic mass is 11.8. The SMILES string of the molecule is COO[Br+][O-]. The van der Waals surface area contributed by atoms with E-state index in [1.165, 1.54) is 7.11 Å². The van der Waals surface area contributed by atoms with E-state index in [4.69, 9.17) is 0 Å². The normalized spacial score (nSPS) is 8.40. The summed E-state index contributed by atoms with van der Waals surface area (Å²) in [6, 6.07) is 0. The minimum Gasteiger partial charge on any atom is -0.549 e. The highest BCUT2D eigenvalue weighted by Gasteiger charge is 1.81. The van der Waals surface area contributed by atoms with Crippen LogP contribution in [0.2, 0.25) is 0 Å². The summed E-state index contributed by atoms with van der Waals surface area (Å²) in [6.07, 6.45) is 0. The number of rotatable bonds is 2. The van der Waals surface area contributed by atoms with Crippen LogP contribution in [-0.4, -0.2) is 7.11 Å². The molecule has 0 saturated heterocycles. The average Bonchev–Trinajstić information content (AvgIpc) is 1.41. The van der Waals surface area contributed by atoms with Crippen molar-refractivity contribution in [2.45, 2.75) is 0 Å². The standard InChI is InChI=1S/CH3BrO3/c1-4-5-2-3/h1H3. The Morgan fingerprint density at radius 1 is 1.80 bits per heavy atom. The van der Waals surface area contributed by atoms with Crippen molar-refractivity contribution < 1.29 is 28.6 Å². The van der Waals surface area contributed by atoms with Gasteiger partial charge in [0.25, 0.3) is 0 Å². The maximum absolute atomic E-state index is 9.21. The van der Waals surface area contributed by atoms with Gasteiger partial charge in [-0.25, -0.2) is 0 Å². The Hall–Kier alpha value is 0.360. The fraction of sp³-hybridized carbons (Fsp3) is 1.00. The van der Waals surface area contributed by atoms with Crippen molar-refractivity contribution >= 4 is 0 Å². The van der Waals surface area contributed by atoms with E-state index < -0.39 is 15.5 Å². The fourth-order valence-electron chi connectivity index (χ4n) is 0.0257. The molecule has 0 rings (SSSR count). The highest BCUT2D eigenvalue weighted by molar-refractivity contribution is 3.33. The van der Waals surface area contributed by atoms with E-state index in [2.05, 4.69) is 8.87 Å². The van der Waals surface area contributed by atoms with Crippen LogP contribution in [0.3, 0.4) is 0 Å². The van der Waals surface area contributed by atoms with Gasteiger partial charge in [0.2, 0.25) is 0 Å². The Morgan fingerprint density at radius 3 is 2.40 bits per heavy atom. The van der Waals surface area contributed by atoms with Gasteiger partial charge in [0.15, 0.2) is 0 Å². The lowest BCUT2D eigenvalue weighted by molar-refractivity contribution is -1.29. The third-order valence-electron chi connectivity index (χ3n) is 0.0887. The van der Waals surface area contributed by atoms with Crippen molar-refractivity contribution in [3.8, 4) is 0 Å². The van der Waals surface area contributed by atoms with Crippen LogP contribution in [0.25, 0.3) is 0 Å². The molecule has 0 bridgehead atoms. The first-order valence-electron chi connectivity index (χ1n) is 0.884. The Kier molecular flexibility index (Phi) is 4.67. The summed E-state index contributed by atoms with van der Waals surface area (Å²) in [6.45, 7) is 0. The fourth-order valence-corrected chi connectivity index (χ4v) is 0.134. The molecule has 5 heavy (non-hydrogen) atoms. The van der Waals surface area contributed by atoms with Crippen molar-refractivity contribution in [3.05, 3.63) is 0 Å². The molecule has 0 aliphatic carbocycles. The van der Waals surface area contributed by atoms with Gasteiger partial charge in [-0.15, -0.1) is 0 Å². The summed E-state index contributed by atoms with van der Waals surface area (Å²) in [7, 11) is 1.30. The zero-order chi connectivity index (χ0) is 4.12. The molecule has 4 heteroatoms. The Bertz CT molecular complexity index is 14.4. The van der Waals surface area contributed by atoms with E-state index in [-0.39, 0.29) is 0 Å². The molecule has 0 fully saturated rings. The molecule has 0 aromatic rings. The lowest BCUT2D eigenvalue weighted by Crippen LogP contribution is -2.02. The summed E-state index contributed by atoms with van der Waals surface area (Å²) in [5.41, 5.74) is 0. The largest absolute Gasteiger partial charge is 0.549 e. The van der Waals surface area contributed by atoms with Crippen LogP contribution in [0.4, 0.5) is 0 Å². The van der Waals surface area contributed by atoms with Crippen molar-refractivity contribution in [2.24, 2.45) is 0 Å². The predicted molar refractivity (Wildman–Crippen MR) is 8.09 cm³/mol. The molecule has 32 valence electrons. The van der Waals surface area contributed by atoms with Crippen LogP contribution < -0.4 is 4.20 Å². The van der Waals surface area contributed by atoms with E-state index in [0.29, 0.717) is 0 Å². The summed E-state index contributed by atoms with van der Waals surface area (Å²) in [5, 5.41) is 0. The van der Waals surface area contributed by atoms with Gasteiger partial charge in [-0.2, -0.15) is 4.89 Å². The van der Waals surface area contributed by atoms with Crippen molar-refractivity contribution in [2.75, 3.05) is 7.11 Å². The maximum atomic E-state index is 9.21. The van der Waals surface area contributed by atoms with Gasteiger partial charge in [-0.3, -0.25) is 0 Å². The molecule has 0 aliphatic rings. The Morgan fingerprint density at radius 2 is 2.40 bits per heavy atom. The molecule has 0 N–H and O–H groups in total. The smallest absolute Gasteiger partial charge is 0.455 e. The zero-order valence-electron chi connectivity index (χ0n) is 2.60. The second kappa shape index (κ2) is 4.36. The zero-order valence-corrected chi connectivity index (χ0v) is 4.19. The van der Waals surface area contributed by atoms with E-state index in [1.54, 1.807) is 0 Å². The summed E-state index contributed by atoms with van der Waals surface area (Å²) >= 11 is -0.838. The number of halogens is 1. The molecule has 0 aromatic heterocycles. The molecule has 0 unspecified atom stereocenters. The van der Waals surface area contributed by atoms with E-state index >= 15 is 0 Å². The van der Waals surface area contributed by atoms with Crippen LogP contribution in [0.5, 0.6) is 0 Å². The summed E-state index contributed by atoms with van der Waals surface area (Å²) in [5.74, 6) is 0. The van der Waals surface area contributed by atoms with Crippen molar-refractivity contribution in [1.82, 2.24) is 0 Å². The quantitative estimate of drug-likeness (QED) is 0.361. The minimum atomic E-state index is -0.838. The van der Waals surface area contributed by atoms with Crippen LogP contribution in [0, 0.1) is 15.5 Å². The molecule has 0 atom stereocenters. The molecule has 0 aliphatic heterocycles. The third kappa shape index (κ3) is 4.36. The monoisotopic (exact) mass is 142 g/mol. The Labute approximate surface area is 36.6 Å². The van der Waals surface area contributed by atoms with Gasteiger partial charge < -0.3 is 4.20 Å². The highest BCUT2D eigenvalue weighted by atomic mass is 79.9. The van der Waals surface area contributed by atoms with Gasteiger partial charge in [-0.1, -0.05) is 0 Å². The maximum Gasteiger partial charge on any atom is 0.455 e. The molecule has 0 spiro atoms. The summed E-state index contributed by atoms with van der Waals surface area (Å²) in [4.78, 5) is 3.89. The topological polar surface area (TPSA) is 41.5 Å².